The second kappa shape index (κ2) is 7.25. The second-order valence-electron chi connectivity index (χ2n) is 6.06. The molecule has 5 nitrogen and oxygen atoms in total. The Hall–Kier alpha value is -3.12. The average Bonchev–Trinajstić information content (AvgIpc) is 3.18. The van der Waals surface area contributed by atoms with E-state index in [4.69, 9.17) is 4.74 Å². The minimum atomic E-state index is -0.348. The van der Waals surface area contributed by atoms with Gasteiger partial charge in [-0.15, -0.1) is 11.3 Å². The number of rotatable bonds is 5. The lowest BCUT2D eigenvalue weighted by Crippen LogP contribution is -2.38. The molecule has 2 aromatic heterocycles. The van der Waals surface area contributed by atoms with Gasteiger partial charge in [-0.3, -0.25) is 9.36 Å². The third kappa shape index (κ3) is 3.19. The van der Waals surface area contributed by atoms with E-state index in [1.165, 1.54) is 15.9 Å². The van der Waals surface area contributed by atoms with Crippen LogP contribution in [-0.4, -0.2) is 15.7 Å². The Balaban J connectivity index is 1.91. The van der Waals surface area contributed by atoms with E-state index in [0.717, 1.165) is 5.56 Å². The minimum Gasteiger partial charge on any atom is -0.494 e. The molecule has 2 aromatic carbocycles. The smallest absolute Gasteiger partial charge is 0.336 e. The van der Waals surface area contributed by atoms with Crippen molar-refractivity contribution in [1.82, 2.24) is 9.13 Å². The summed E-state index contributed by atoms with van der Waals surface area (Å²) < 4.78 is 8.90. The lowest BCUT2D eigenvalue weighted by Gasteiger charge is -2.13. The van der Waals surface area contributed by atoms with Crippen LogP contribution in [0.15, 0.2) is 75.6 Å². The Bertz CT molecular complexity index is 1190. The first-order valence-electron chi connectivity index (χ1n) is 8.69. The van der Waals surface area contributed by atoms with Crippen molar-refractivity contribution in [1.29, 1.82) is 0 Å². The van der Waals surface area contributed by atoms with Gasteiger partial charge in [0.15, 0.2) is 0 Å². The maximum absolute atomic E-state index is 13.2. The zero-order chi connectivity index (χ0) is 18.8. The van der Waals surface area contributed by atoms with E-state index in [1.54, 1.807) is 28.8 Å². The predicted octanol–water partition coefficient (Wildman–Crippen LogP) is 3.66. The summed E-state index contributed by atoms with van der Waals surface area (Å²) in [5.74, 6) is 0.705. The normalized spacial score (nSPS) is 11.0. The predicted molar refractivity (Wildman–Crippen MR) is 108 cm³/mol. The SMILES string of the molecule is CCOc1ccc(-n2c(=O)c3sccc3n(Cc3ccccc3)c2=O)cc1. The van der Waals surface area contributed by atoms with Crippen LogP contribution in [0.5, 0.6) is 5.75 Å². The van der Waals surface area contributed by atoms with Crippen molar-refractivity contribution in [2.75, 3.05) is 6.61 Å². The maximum Gasteiger partial charge on any atom is 0.336 e. The quantitative estimate of drug-likeness (QED) is 0.533. The average molecular weight is 378 g/mol. The van der Waals surface area contributed by atoms with Gasteiger partial charge in [0.05, 0.1) is 24.4 Å². The highest BCUT2D eigenvalue weighted by Gasteiger charge is 2.16. The zero-order valence-corrected chi connectivity index (χ0v) is 15.6. The van der Waals surface area contributed by atoms with Crippen molar-refractivity contribution in [2.24, 2.45) is 0 Å². The van der Waals surface area contributed by atoms with Gasteiger partial charge in [0.25, 0.3) is 5.56 Å². The van der Waals surface area contributed by atoms with E-state index < -0.39 is 0 Å². The highest BCUT2D eigenvalue weighted by molar-refractivity contribution is 7.17. The number of benzene rings is 2. The van der Waals surface area contributed by atoms with Crippen LogP contribution in [0.4, 0.5) is 0 Å². The van der Waals surface area contributed by atoms with Crippen molar-refractivity contribution in [2.45, 2.75) is 13.5 Å². The van der Waals surface area contributed by atoms with Gasteiger partial charge < -0.3 is 4.74 Å². The van der Waals surface area contributed by atoms with Gasteiger partial charge >= 0.3 is 5.69 Å². The lowest BCUT2D eigenvalue weighted by atomic mass is 10.2. The number of hydrogen-bond donors (Lipinski definition) is 0. The van der Waals surface area contributed by atoms with Crippen molar-refractivity contribution < 1.29 is 4.74 Å². The summed E-state index contributed by atoms with van der Waals surface area (Å²) in [6.45, 7) is 2.87. The maximum atomic E-state index is 13.2. The van der Waals surface area contributed by atoms with Crippen LogP contribution in [0.1, 0.15) is 12.5 Å². The van der Waals surface area contributed by atoms with E-state index in [2.05, 4.69) is 0 Å². The topological polar surface area (TPSA) is 53.2 Å². The summed E-state index contributed by atoms with van der Waals surface area (Å²) in [4.78, 5) is 26.2. The summed E-state index contributed by atoms with van der Waals surface area (Å²) in [6, 6.07) is 18.6. The molecule has 0 saturated carbocycles. The van der Waals surface area contributed by atoms with Crippen molar-refractivity contribution >= 4 is 21.6 Å². The third-order valence-corrected chi connectivity index (χ3v) is 5.24. The highest BCUT2D eigenvalue weighted by atomic mass is 32.1. The van der Waals surface area contributed by atoms with Gasteiger partial charge in [0.2, 0.25) is 0 Å². The van der Waals surface area contributed by atoms with E-state index >= 15 is 0 Å². The number of fused-ring (bicyclic) bond motifs is 1. The molecule has 0 radical (unpaired) electrons. The van der Waals surface area contributed by atoms with Gasteiger partial charge in [0.1, 0.15) is 10.4 Å². The summed E-state index contributed by atoms with van der Waals surface area (Å²) in [5.41, 5.74) is 1.56. The Morgan fingerprint density at radius 2 is 1.70 bits per heavy atom. The molecular weight excluding hydrogens is 360 g/mol. The Morgan fingerprint density at radius 3 is 2.41 bits per heavy atom. The van der Waals surface area contributed by atoms with Crippen LogP contribution in [0.2, 0.25) is 0 Å². The van der Waals surface area contributed by atoms with Crippen LogP contribution in [0.3, 0.4) is 0 Å². The van der Waals surface area contributed by atoms with Gasteiger partial charge in [0, 0.05) is 0 Å². The molecule has 0 N–H and O–H groups in total. The van der Waals surface area contributed by atoms with Gasteiger partial charge in [-0.25, -0.2) is 9.36 Å². The molecule has 0 saturated heterocycles. The van der Waals surface area contributed by atoms with E-state index in [1.807, 2.05) is 48.7 Å². The van der Waals surface area contributed by atoms with Crippen LogP contribution in [0, 0.1) is 0 Å². The van der Waals surface area contributed by atoms with Crippen LogP contribution in [0.25, 0.3) is 15.9 Å². The number of thiophene rings is 1. The van der Waals surface area contributed by atoms with E-state index in [9.17, 15) is 9.59 Å². The summed E-state index contributed by atoms with van der Waals surface area (Å²) in [6.07, 6.45) is 0. The second-order valence-corrected chi connectivity index (χ2v) is 6.97. The molecule has 0 fully saturated rings. The number of ether oxygens (including phenoxy) is 1. The molecule has 0 bridgehead atoms. The molecule has 0 aliphatic rings. The largest absolute Gasteiger partial charge is 0.494 e. The first-order chi connectivity index (χ1) is 13.2. The standard InChI is InChI=1S/C21H18N2O3S/c1-2-26-17-10-8-16(9-11-17)23-20(24)19-18(12-13-27-19)22(21(23)25)14-15-6-4-3-5-7-15/h3-13H,2,14H2,1H3. The molecule has 0 atom stereocenters. The molecule has 0 aliphatic heterocycles. The summed E-state index contributed by atoms with van der Waals surface area (Å²) in [7, 11) is 0. The molecule has 2 heterocycles. The molecule has 4 rings (SSSR count). The number of hydrogen-bond acceptors (Lipinski definition) is 4. The van der Waals surface area contributed by atoms with Crippen LogP contribution >= 0.6 is 11.3 Å². The highest BCUT2D eigenvalue weighted by Crippen LogP contribution is 2.19. The molecule has 6 heteroatoms. The van der Waals surface area contributed by atoms with Gasteiger partial charge in [-0.05, 0) is 48.2 Å². The fourth-order valence-electron chi connectivity index (χ4n) is 3.09. The molecule has 0 unspecified atom stereocenters. The van der Waals surface area contributed by atoms with Crippen LogP contribution < -0.4 is 16.0 Å². The first kappa shape index (κ1) is 17.3. The molecule has 0 amide bonds. The van der Waals surface area contributed by atoms with Gasteiger partial charge in [-0.1, -0.05) is 30.3 Å². The molecule has 0 aliphatic carbocycles. The van der Waals surface area contributed by atoms with Crippen LogP contribution in [-0.2, 0) is 6.54 Å². The molecular formula is C21H18N2O3S. The fourth-order valence-corrected chi connectivity index (χ4v) is 3.92. The third-order valence-electron chi connectivity index (χ3n) is 4.34. The summed E-state index contributed by atoms with van der Waals surface area (Å²) >= 11 is 1.35. The monoisotopic (exact) mass is 378 g/mol. The Kier molecular flexibility index (Phi) is 4.64. The van der Waals surface area contributed by atoms with Crippen molar-refractivity contribution in [3.63, 3.8) is 0 Å². The minimum absolute atomic E-state index is 0.293. The molecule has 136 valence electrons. The van der Waals surface area contributed by atoms with E-state index in [0.29, 0.717) is 34.8 Å². The van der Waals surface area contributed by atoms with Gasteiger partial charge in [-0.2, -0.15) is 0 Å². The Morgan fingerprint density at radius 1 is 0.963 bits per heavy atom. The lowest BCUT2D eigenvalue weighted by molar-refractivity contribution is 0.340. The number of aromatic nitrogens is 2. The van der Waals surface area contributed by atoms with E-state index in [-0.39, 0.29) is 11.2 Å². The van der Waals surface area contributed by atoms with Crippen molar-refractivity contribution in [3.8, 4) is 11.4 Å². The molecule has 0 spiro atoms. The first-order valence-corrected chi connectivity index (χ1v) is 9.57. The Labute approximate surface area is 159 Å². The summed E-state index contributed by atoms with van der Waals surface area (Å²) in [5, 5.41) is 1.84. The molecule has 27 heavy (non-hydrogen) atoms. The van der Waals surface area contributed by atoms with Crippen molar-refractivity contribution in [3.05, 3.63) is 92.4 Å². The fraction of sp³-hybridized carbons (Fsp3) is 0.143. The number of nitrogens with zero attached hydrogens (tertiary/aromatic N) is 2. The zero-order valence-electron chi connectivity index (χ0n) is 14.8. The molecule has 4 aromatic rings.